The van der Waals surface area contributed by atoms with Crippen LogP contribution in [0.4, 0.5) is 17.6 Å². The molecule has 2 N–H and O–H groups in total. The molecule has 0 amide bonds. The van der Waals surface area contributed by atoms with E-state index in [0.29, 0.717) is 28.3 Å². The molecule has 3 aliphatic carbocycles. The van der Waals surface area contributed by atoms with Crippen LogP contribution in [0, 0.1) is 35.8 Å². The van der Waals surface area contributed by atoms with Crippen LogP contribution in [-0.2, 0) is 0 Å². The number of hydrogen-bond donors (Lipinski definition) is 2. The second-order valence-electron chi connectivity index (χ2n) is 11.5. The standard InChI is InChI=1S/C30H24F4N4O2/c1-2-17-21(31)6-3-13-7-15(39)8-18(22(13)17)26-25(32)28-24(29(36-26)40-16-9-30(33,34)10-16)27(37-38(28)14-4-5-14)23-19-11-35-12-20(19)23/h1,3,6-8,14,16,19-20,23,35,39H,4-5,9-12H2. The molecule has 4 aromatic rings. The van der Waals surface area contributed by atoms with Gasteiger partial charge < -0.3 is 15.2 Å². The van der Waals surface area contributed by atoms with Gasteiger partial charge in [-0.3, -0.25) is 4.68 Å². The second kappa shape index (κ2) is 8.10. The molecule has 3 heterocycles. The number of phenolic OH excluding ortho intramolecular Hbond substituents is 1. The van der Waals surface area contributed by atoms with Crippen molar-refractivity contribution in [2.45, 2.75) is 49.7 Å². The number of hydrogen-bond acceptors (Lipinski definition) is 5. The summed E-state index contributed by atoms with van der Waals surface area (Å²) >= 11 is 0. The van der Waals surface area contributed by atoms with Crippen molar-refractivity contribution in [2.75, 3.05) is 13.1 Å². The topological polar surface area (TPSA) is 72.2 Å². The Kier molecular flexibility index (Phi) is 4.86. The molecule has 3 saturated carbocycles. The Bertz CT molecular complexity index is 1770. The van der Waals surface area contributed by atoms with E-state index in [0.717, 1.165) is 25.9 Å². The van der Waals surface area contributed by atoms with Gasteiger partial charge in [-0.15, -0.1) is 6.42 Å². The largest absolute Gasteiger partial charge is 0.508 e. The number of rotatable bonds is 5. The average molecular weight is 549 g/mol. The first-order valence-corrected chi connectivity index (χ1v) is 13.5. The van der Waals surface area contributed by atoms with E-state index in [1.807, 2.05) is 0 Å². The highest BCUT2D eigenvalue weighted by Gasteiger charge is 2.56. The maximum atomic E-state index is 16.8. The fourth-order valence-electron chi connectivity index (χ4n) is 6.70. The lowest BCUT2D eigenvalue weighted by Gasteiger charge is -2.34. The number of pyridine rings is 1. The molecule has 0 spiro atoms. The summed E-state index contributed by atoms with van der Waals surface area (Å²) in [6.07, 6.45) is 5.60. The number of terminal acetylenes is 1. The van der Waals surface area contributed by atoms with Crippen LogP contribution in [0.1, 0.15) is 48.9 Å². The Morgan fingerprint density at radius 2 is 1.85 bits per heavy atom. The minimum absolute atomic E-state index is 0.00163. The Labute approximate surface area is 226 Å². The van der Waals surface area contributed by atoms with E-state index >= 15 is 4.39 Å². The maximum Gasteiger partial charge on any atom is 0.255 e. The molecule has 4 aliphatic rings. The van der Waals surface area contributed by atoms with Gasteiger partial charge in [-0.1, -0.05) is 12.0 Å². The number of phenols is 1. The van der Waals surface area contributed by atoms with E-state index in [4.69, 9.17) is 16.3 Å². The number of halogens is 4. The second-order valence-corrected chi connectivity index (χ2v) is 11.5. The van der Waals surface area contributed by atoms with Gasteiger partial charge in [0.25, 0.3) is 5.92 Å². The highest BCUT2D eigenvalue weighted by molar-refractivity contribution is 6.03. The lowest BCUT2D eigenvalue weighted by Crippen LogP contribution is -2.43. The Morgan fingerprint density at radius 1 is 1.10 bits per heavy atom. The average Bonchev–Trinajstić information content (AvgIpc) is 3.77. The molecule has 8 rings (SSSR count). The summed E-state index contributed by atoms with van der Waals surface area (Å²) in [5, 5.41) is 19.8. The zero-order valence-corrected chi connectivity index (χ0v) is 21.2. The number of ether oxygens (including phenoxy) is 1. The van der Waals surface area contributed by atoms with E-state index in [-0.39, 0.29) is 51.3 Å². The van der Waals surface area contributed by atoms with Gasteiger partial charge in [0, 0.05) is 29.7 Å². The van der Waals surface area contributed by atoms with Crippen LogP contribution in [0.25, 0.3) is 32.9 Å². The molecule has 0 radical (unpaired) electrons. The Hall–Kier alpha value is -3.84. The zero-order valence-electron chi connectivity index (χ0n) is 21.2. The molecule has 4 fully saturated rings. The van der Waals surface area contributed by atoms with Crippen LogP contribution in [0.3, 0.4) is 0 Å². The first kappa shape index (κ1) is 24.0. The summed E-state index contributed by atoms with van der Waals surface area (Å²) in [4.78, 5) is 4.58. The Morgan fingerprint density at radius 3 is 2.52 bits per heavy atom. The molecule has 2 aromatic carbocycles. The van der Waals surface area contributed by atoms with Crippen LogP contribution >= 0.6 is 0 Å². The first-order chi connectivity index (χ1) is 19.2. The minimum atomic E-state index is -2.83. The van der Waals surface area contributed by atoms with Crippen molar-refractivity contribution in [1.29, 1.82) is 0 Å². The van der Waals surface area contributed by atoms with Crippen LogP contribution in [0.5, 0.6) is 11.6 Å². The van der Waals surface area contributed by atoms with Crippen molar-refractivity contribution in [1.82, 2.24) is 20.1 Å². The molecule has 1 aliphatic heterocycles. The highest BCUT2D eigenvalue weighted by atomic mass is 19.3. The maximum absolute atomic E-state index is 16.8. The normalized spacial score (nSPS) is 25.1. The molecule has 204 valence electrons. The number of fused-ring (bicyclic) bond motifs is 3. The lowest BCUT2D eigenvalue weighted by molar-refractivity contribution is -0.135. The number of benzene rings is 2. The van der Waals surface area contributed by atoms with Crippen molar-refractivity contribution in [3.8, 4) is 35.2 Å². The van der Waals surface area contributed by atoms with Crippen LogP contribution in [0.2, 0.25) is 0 Å². The lowest BCUT2D eigenvalue weighted by atomic mass is 9.91. The molecule has 0 bridgehead atoms. The molecule has 2 aromatic heterocycles. The third-order valence-corrected chi connectivity index (χ3v) is 8.86. The van der Waals surface area contributed by atoms with Gasteiger partial charge in [0.05, 0.1) is 22.7 Å². The van der Waals surface area contributed by atoms with E-state index in [1.165, 1.54) is 24.3 Å². The van der Waals surface area contributed by atoms with Gasteiger partial charge in [0.1, 0.15) is 28.9 Å². The van der Waals surface area contributed by atoms with Crippen molar-refractivity contribution in [3.63, 3.8) is 0 Å². The highest BCUT2D eigenvalue weighted by Crippen LogP contribution is 2.58. The van der Waals surface area contributed by atoms with Gasteiger partial charge in [-0.2, -0.15) is 5.10 Å². The predicted molar refractivity (Wildman–Crippen MR) is 139 cm³/mol. The number of aromatic nitrogens is 3. The van der Waals surface area contributed by atoms with Crippen LogP contribution in [0.15, 0.2) is 24.3 Å². The fraction of sp³-hybridized carbons (Fsp3) is 0.400. The van der Waals surface area contributed by atoms with Gasteiger partial charge in [0.15, 0.2) is 5.82 Å². The Balaban J connectivity index is 1.41. The molecule has 40 heavy (non-hydrogen) atoms. The molecular weight excluding hydrogens is 524 g/mol. The number of alkyl halides is 2. The monoisotopic (exact) mass is 548 g/mol. The van der Waals surface area contributed by atoms with E-state index in [1.54, 1.807) is 4.68 Å². The summed E-state index contributed by atoms with van der Waals surface area (Å²) in [6, 6.07) is 5.34. The number of nitrogens with one attached hydrogen (secondary N) is 1. The molecule has 2 atom stereocenters. The SMILES string of the molecule is C#Cc1c(F)ccc2cc(O)cc(-c3nc(OC4CC(F)(F)C4)c4c(C5C6CNCC65)nn(C5CC5)c4c3F)c12. The number of nitrogens with zero attached hydrogens (tertiary/aromatic N) is 3. The first-order valence-electron chi connectivity index (χ1n) is 13.5. The summed E-state index contributed by atoms with van der Waals surface area (Å²) in [7, 11) is 0. The summed E-state index contributed by atoms with van der Waals surface area (Å²) < 4.78 is 66.9. The van der Waals surface area contributed by atoms with Crippen molar-refractivity contribution < 1.29 is 27.4 Å². The van der Waals surface area contributed by atoms with Gasteiger partial charge in [-0.25, -0.2) is 22.5 Å². The van der Waals surface area contributed by atoms with E-state index in [9.17, 15) is 18.3 Å². The van der Waals surface area contributed by atoms with Gasteiger partial charge in [-0.05, 0) is 61.4 Å². The summed E-state index contributed by atoms with van der Waals surface area (Å²) in [5.41, 5.74) is 0.667. The van der Waals surface area contributed by atoms with Gasteiger partial charge in [0.2, 0.25) is 5.88 Å². The molecular formula is C30H24F4N4O2. The fourth-order valence-corrected chi connectivity index (χ4v) is 6.70. The van der Waals surface area contributed by atoms with Gasteiger partial charge >= 0.3 is 0 Å². The minimum Gasteiger partial charge on any atom is -0.508 e. The summed E-state index contributed by atoms with van der Waals surface area (Å²) in [6.45, 7) is 1.67. The third kappa shape index (κ3) is 3.46. The molecule has 10 heteroatoms. The van der Waals surface area contributed by atoms with Crippen molar-refractivity contribution in [2.24, 2.45) is 11.8 Å². The van der Waals surface area contributed by atoms with E-state index in [2.05, 4.69) is 16.2 Å². The predicted octanol–water partition coefficient (Wildman–Crippen LogP) is 5.66. The number of piperidine rings is 1. The third-order valence-electron chi connectivity index (χ3n) is 8.86. The summed E-state index contributed by atoms with van der Waals surface area (Å²) in [5.74, 6) is -1.17. The zero-order chi connectivity index (χ0) is 27.5. The molecule has 1 saturated heterocycles. The molecule has 6 nitrogen and oxygen atoms in total. The molecule has 2 unspecified atom stereocenters. The van der Waals surface area contributed by atoms with E-state index < -0.39 is 36.5 Å². The van der Waals surface area contributed by atoms with Crippen molar-refractivity contribution >= 4 is 21.7 Å². The number of aromatic hydroxyl groups is 1. The van der Waals surface area contributed by atoms with Crippen LogP contribution < -0.4 is 10.1 Å². The smallest absolute Gasteiger partial charge is 0.255 e. The quantitative estimate of drug-likeness (QED) is 0.249. The van der Waals surface area contributed by atoms with Crippen molar-refractivity contribution in [3.05, 3.63) is 47.2 Å². The van der Waals surface area contributed by atoms with Crippen LogP contribution in [-0.4, -0.2) is 45.0 Å².